The quantitative estimate of drug-likeness (QED) is 0.896. The van der Waals surface area contributed by atoms with E-state index in [0.717, 1.165) is 0 Å². The number of phenolic OH excluding ortho intramolecular Hbond substituents is 1. The number of nitrogens with zero attached hydrogens (tertiary/aromatic N) is 1. The van der Waals surface area contributed by atoms with Crippen LogP contribution in [0.15, 0.2) is 18.2 Å². The highest BCUT2D eigenvalue weighted by molar-refractivity contribution is 5.41. The Morgan fingerprint density at radius 2 is 2.00 bits per heavy atom. The van der Waals surface area contributed by atoms with E-state index in [9.17, 15) is 18.3 Å². The maximum Gasteiger partial charge on any atom is 0.390 e. The summed E-state index contributed by atoms with van der Waals surface area (Å²) < 4.78 is 41.5. The summed E-state index contributed by atoms with van der Waals surface area (Å²) in [5.74, 6) is 0.525. The normalized spacial score (nSPS) is 13.6. The predicted molar refractivity (Wildman–Crippen MR) is 66.4 cm³/mol. The van der Waals surface area contributed by atoms with E-state index in [1.807, 2.05) is 0 Å². The number of methoxy groups -OCH3 is 1. The van der Waals surface area contributed by atoms with E-state index in [2.05, 4.69) is 0 Å². The first-order chi connectivity index (χ1) is 8.74. The van der Waals surface area contributed by atoms with E-state index in [-0.39, 0.29) is 18.3 Å². The molecule has 0 aliphatic rings. The van der Waals surface area contributed by atoms with Gasteiger partial charge in [0.2, 0.25) is 0 Å². The maximum atomic E-state index is 12.2. The minimum absolute atomic E-state index is 0.0192. The molecule has 0 aromatic heterocycles. The largest absolute Gasteiger partial charge is 0.507 e. The van der Waals surface area contributed by atoms with Crippen molar-refractivity contribution in [3.05, 3.63) is 23.8 Å². The van der Waals surface area contributed by atoms with Gasteiger partial charge >= 0.3 is 6.18 Å². The Balaban J connectivity index is 2.74. The van der Waals surface area contributed by atoms with Crippen molar-refractivity contribution in [3.63, 3.8) is 0 Å². The van der Waals surface area contributed by atoms with Crippen molar-refractivity contribution >= 4 is 0 Å². The summed E-state index contributed by atoms with van der Waals surface area (Å²) in [6.07, 6.45) is -5.04. The van der Waals surface area contributed by atoms with Gasteiger partial charge in [-0.25, -0.2) is 0 Å². The Kier molecular flexibility index (Phi) is 5.05. The minimum Gasteiger partial charge on any atom is -0.507 e. The predicted octanol–water partition coefficient (Wildman–Crippen LogP) is 3.35. The Hall–Kier alpha value is -1.43. The van der Waals surface area contributed by atoms with Crippen LogP contribution in [0.2, 0.25) is 0 Å². The first kappa shape index (κ1) is 15.6. The molecule has 1 rings (SSSR count). The highest BCUT2D eigenvalue weighted by Gasteiger charge is 2.28. The summed E-state index contributed by atoms with van der Waals surface area (Å²) in [5.41, 5.74) is 0.575. The molecule has 0 aliphatic heterocycles. The van der Waals surface area contributed by atoms with E-state index < -0.39 is 12.6 Å². The molecular weight excluding hydrogens is 259 g/mol. The molecule has 0 saturated carbocycles. The van der Waals surface area contributed by atoms with E-state index in [1.165, 1.54) is 13.2 Å². The molecule has 0 fully saturated rings. The van der Waals surface area contributed by atoms with E-state index >= 15 is 0 Å². The van der Waals surface area contributed by atoms with Gasteiger partial charge in [0.1, 0.15) is 11.5 Å². The highest BCUT2D eigenvalue weighted by Crippen LogP contribution is 2.31. The molecule has 1 aromatic carbocycles. The maximum absolute atomic E-state index is 12.2. The average Bonchev–Trinajstić information content (AvgIpc) is 2.34. The smallest absolute Gasteiger partial charge is 0.390 e. The van der Waals surface area contributed by atoms with Crippen molar-refractivity contribution in [1.29, 1.82) is 0 Å². The topological polar surface area (TPSA) is 32.7 Å². The molecule has 0 radical (unpaired) electrons. The second-order valence-electron chi connectivity index (χ2n) is 4.45. The first-order valence-electron chi connectivity index (χ1n) is 5.88. The molecule has 0 heterocycles. The molecule has 3 nitrogen and oxygen atoms in total. The average molecular weight is 277 g/mol. The zero-order valence-electron chi connectivity index (χ0n) is 11.2. The molecule has 0 aliphatic carbocycles. The third-order valence-electron chi connectivity index (χ3n) is 3.10. The summed E-state index contributed by atoms with van der Waals surface area (Å²) in [5, 5.41) is 9.84. The molecule has 1 aromatic rings. The Morgan fingerprint density at radius 3 is 2.47 bits per heavy atom. The summed E-state index contributed by atoms with van der Waals surface area (Å²) in [6, 6.07) is 4.46. The van der Waals surface area contributed by atoms with Crippen LogP contribution in [-0.2, 0) is 0 Å². The number of hydrogen-bond acceptors (Lipinski definition) is 3. The van der Waals surface area contributed by atoms with Crippen LogP contribution in [0, 0.1) is 0 Å². The van der Waals surface area contributed by atoms with Gasteiger partial charge in [-0.2, -0.15) is 13.2 Å². The number of alkyl halides is 3. The molecule has 0 bridgehead atoms. The van der Waals surface area contributed by atoms with Crippen LogP contribution < -0.4 is 4.74 Å². The van der Waals surface area contributed by atoms with E-state index in [0.29, 0.717) is 11.3 Å². The number of ether oxygens (including phenoxy) is 1. The van der Waals surface area contributed by atoms with Crippen LogP contribution in [-0.4, -0.2) is 36.9 Å². The summed E-state index contributed by atoms with van der Waals surface area (Å²) in [7, 11) is 3.08. The zero-order valence-corrected chi connectivity index (χ0v) is 11.2. The van der Waals surface area contributed by atoms with Gasteiger partial charge in [-0.3, -0.25) is 4.90 Å². The number of aromatic hydroxyl groups is 1. The third-order valence-corrected chi connectivity index (χ3v) is 3.10. The summed E-state index contributed by atoms with van der Waals surface area (Å²) in [6.45, 7) is 1.63. The number of benzene rings is 1. The van der Waals surface area contributed by atoms with Gasteiger partial charge < -0.3 is 9.84 Å². The lowest BCUT2D eigenvalue weighted by molar-refractivity contribution is -0.138. The fourth-order valence-corrected chi connectivity index (χ4v) is 1.74. The molecule has 1 unspecified atom stereocenters. The Bertz CT molecular complexity index is 421. The molecule has 19 heavy (non-hydrogen) atoms. The van der Waals surface area contributed by atoms with Crippen LogP contribution in [0.25, 0.3) is 0 Å². The van der Waals surface area contributed by atoms with Gasteiger partial charge in [0.05, 0.1) is 13.5 Å². The van der Waals surface area contributed by atoms with Crippen molar-refractivity contribution in [2.24, 2.45) is 0 Å². The number of halogens is 3. The van der Waals surface area contributed by atoms with Crippen LogP contribution >= 0.6 is 0 Å². The van der Waals surface area contributed by atoms with Gasteiger partial charge in [0, 0.05) is 24.2 Å². The first-order valence-corrected chi connectivity index (χ1v) is 5.88. The molecule has 0 amide bonds. The zero-order chi connectivity index (χ0) is 14.6. The van der Waals surface area contributed by atoms with Crippen molar-refractivity contribution < 1.29 is 23.0 Å². The highest BCUT2D eigenvalue weighted by atomic mass is 19.4. The summed E-state index contributed by atoms with van der Waals surface area (Å²) in [4.78, 5) is 1.55. The van der Waals surface area contributed by atoms with E-state index in [1.54, 1.807) is 31.0 Å². The van der Waals surface area contributed by atoms with Gasteiger partial charge in [0.15, 0.2) is 0 Å². The summed E-state index contributed by atoms with van der Waals surface area (Å²) >= 11 is 0. The molecular formula is C13H18F3NO2. The fourth-order valence-electron chi connectivity index (χ4n) is 1.74. The SMILES string of the molecule is COc1ccc(C(C)N(C)CCC(F)(F)F)c(O)c1. The minimum atomic E-state index is -4.17. The second kappa shape index (κ2) is 6.14. The van der Waals surface area contributed by atoms with Crippen LogP contribution in [0.3, 0.4) is 0 Å². The van der Waals surface area contributed by atoms with Crippen LogP contribution in [0.1, 0.15) is 24.9 Å². The van der Waals surface area contributed by atoms with E-state index in [4.69, 9.17) is 4.74 Å². The number of hydrogen-bond donors (Lipinski definition) is 1. The van der Waals surface area contributed by atoms with Gasteiger partial charge in [0.25, 0.3) is 0 Å². The lowest BCUT2D eigenvalue weighted by atomic mass is 10.1. The van der Waals surface area contributed by atoms with Gasteiger partial charge in [-0.1, -0.05) is 6.07 Å². The lowest BCUT2D eigenvalue weighted by Gasteiger charge is -2.26. The molecule has 0 saturated heterocycles. The molecule has 1 atom stereocenters. The number of phenols is 1. The van der Waals surface area contributed by atoms with Gasteiger partial charge in [-0.05, 0) is 20.0 Å². The Labute approximate surface area is 110 Å². The van der Waals surface area contributed by atoms with Gasteiger partial charge in [-0.15, -0.1) is 0 Å². The van der Waals surface area contributed by atoms with Crippen molar-refractivity contribution in [3.8, 4) is 11.5 Å². The fraction of sp³-hybridized carbons (Fsp3) is 0.538. The van der Waals surface area contributed by atoms with Crippen molar-refractivity contribution in [1.82, 2.24) is 4.90 Å². The lowest BCUT2D eigenvalue weighted by Crippen LogP contribution is -2.27. The van der Waals surface area contributed by atoms with Crippen molar-refractivity contribution in [2.75, 3.05) is 20.7 Å². The molecule has 1 N–H and O–H groups in total. The Morgan fingerprint density at radius 1 is 1.37 bits per heavy atom. The third kappa shape index (κ3) is 4.63. The standard InChI is InChI=1S/C13H18F3NO2/c1-9(17(2)7-6-13(14,15)16)11-5-4-10(19-3)8-12(11)18/h4-5,8-9,18H,6-7H2,1-3H3. The number of rotatable bonds is 5. The van der Waals surface area contributed by atoms with Crippen molar-refractivity contribution in [2.45, 2.75) is 25.6 Å². The second-order valence-corrected chi connectivity index (χ2v) is 4.45. The van der Waals surface area contributed by atoms with Crippen LogP contribution in [0.4, 0.5) is 13.2 Å². The molecule has 108 valence electrons. The molecule has 6 heteroatoms. The monoisotopic (exact) mass is 277 g/mol. The van der Waals surface area contributed by atoms with Crippen LogP contribution in [0.5, 0.6) is 11.5 Å². The molecule has 0 spiro atoms.